The summed E-state index contributed by atoms with van der Waals surface area (Å²) >= 11 is 0. The Morgan fingerprint density at radius 1 is 1.45 bits per heavy atom. The number of halogens is 1. The fourth-order valence-electron chi connectivity index (χ4n) is 1.91. The van der Waals surface area contributed by atoms with Gasteiger partial charge in [0.15, 0.2) is 0 Å². The number of likely N-dealkylation sites (N-methyl/N-ethyl adjacent to an activating group) is 1. The number of nitrogens with one attached hydrogen (secondary N) is 1. The van der Waals surface area contributed by atoms with Gasteiger partial charge in [-0.15, -0.1) is 0 Å². The smallest absolute Gasteiger partial charge is 0.304 e. The molecule has 6 heteroatoms. The molecular weight excluding hydrogens is 263 g/mol. The summed E-state index contributed by atoms with van der Waals surface area (Å²) in [6.45, 7) is 3.70. The molecule has 1 aromatic carbocycles. The summed E-state index contributed by atoms with van der Waals surface area (Å²) in [6.07, 6.45) is 0.0552. The fourth-order valence-corrected chi connectivity index (χ4v) is 1.91. The molecule has 0 saturated carbocycles. The number of anilines is 1. The molecule has 5 nitrogen and oxygen atoms in total. The Bertz CT molecular complexity index is 440. The minimum atomic E-state index is -0.850. The quantitative estimate of drug-likeness (QED) is 0.594. The number of rotatable bonds is 9. The first-order valence-electron chi connectivity index (χ1n) is 6.65. The van der Waals surface area contributed by atoms with Crippen molar-refractivity contribution in [2.45, 2.75) is 19.9 Å². The van der Waals surface area contributed by atoms with E-state index in [1.165, 1.54) is 6.07 Å². The molecule has 0 fully saturated rings. The first-order valence-corrected chi connectivity index (χ1v) is 6.65. The van der Waals surface area contributed by atoms with Gasteiger partial charge < -0.3 is 20.4 Å². The van der Waals surface area contributed by atoms with E-state index in [1.807, 2.05) is 6.92 Å². The van der Waals surface area contributed by atoms with Crippen LogP contribution in [0.4, 0.5) is 10.1 Å². The number of hydrogen-bond donors (Lipinski definition) is 3. The molecule has 1 aromatic rings. The topological polar surface area (TPSA) is 72.8 Å². The van der Waals surface area contributed by atoms with E-state index in [-0.39, 0.29) is 18.8 Å². The van der Waals surface area contributed by atoms with Crippen LogP contribution in [0.2, 0.25) is 0 Å². The monoisotopic (exact) mass is 284 g/mol. The molecule has 0 aliphatic carbocycles. The largest absolute Gasteiger partial charge is 0.481 e. The lowest BCUT2D eigenvalue weighted by molar-refractivity contribution is -0.136. The third-order valence-corrected chi connectivity index (χ3v) is 2.95. The summed E-state index contributed by atoms with van der Waals surface area (Å²) in [5.41, 5.74) is 1.34. The Morgan fingerprint density at radius 2 is 2.20 bits per heavy atom. The number of carboxylic acid groups (broad SMARTS) is 1. The van der Waals surface area contributed by atoms with Crippen molar-refractivity contribution >= 4 is 11.7 Å². The van der Waals surface area contributed by atoms with Crippen molar-refractivity contribution in [3.63, 3.8) is 0 Å². The maximum atomic E-state index is 13.8. The van der Waals surface area contributed by atoms with Crippen LogP contribution in [0, 0.1) is 5.82 Å². The standard InChI is InChI=1S/C14H21FN2O3/c1-2-17(7-8-18)13-9-11(3-4-12(13)15)10-16-6-5-14(19)20/h3-4,9,16,18H,2,5-8,10H2,1H3,(H,19,20). The number of aliphatic carboxylic acids is 1. The maximum absolute atomic E-state index is 13.8. The van der Waals surface area contributed by atoms with E-state index < -0.39 is 5.97 Å². The summed E-state index contributed by atoms with van der Waals surface area (Å²) in [6, 6.07) is 4.78. The number of aliphatic hydroxyl groups is 1. The maximum Gasteiger partial charge on any atom is 0.304 e. The van der Waals surface area contributed by atoms with Crippen molar-refractivity contribution in [1.29, 1.82) is 0 Å². The van der Waals surface area contributed by atoms with E-state index in [0.29, 0.717) is 31.9 Å². The van der Waals surface area contributed by atoms with E-state index in [2.05, 4.69) is 5.32 Å². The van der Waals surface area contributed by atoms with Gasteiger partial charge in [-0.05, 0) is 24.6 Å². The summed E-state index contributed by atoms with van der Waals surface area (Å²) in [5.74, 6) is -1.17. The van der Waals surface area contributed by atoms with Crippen molar-refractivity contribution in [2.75, 3.05) is 31.1 Å². The number of carbonyl (C=O) groups is 1. The number of nitrogens with zero attached hydrogens (tertiary/aromatic N) is 1. The van der Waals surface area contributed by atoms with Crippen LogP contribution < -0.4 is 10.2 Å². The second-order valence-electron chi connectivity index (χ2n) is 4.41. The average molecular weight is 284 g/mol. The highest BCUT2D eigenvalue weighted by Gasteiger charge is 2.10. The van der Waals surface area contributed by atoms with Crippen molar-refractivity contribution < 1.29 is 19.4 Å². The third kappa shape index (κ3) is 5.14. The molecule has 0 radical (unpaired) electrons. The highest BCUT2D eigenvalue weighted by molar-refractivity contribution is 5.66. The molecule has 0 unspecified atom stereocenters. The highest BCUT2D eigenvalue weighted by atomic mass is 19.1. The molecule has 0 heterocycles. The lowest BCUT2D eigenvalue weighted by Crippen LogP contribution is -2.27. The van der Waals surface area contributed by atoms with Crippen LogP contribution in [0.1, 0.15) is 18.9 Å². The fraction of sp³-hybridized carbons (Fsp3) is 0.500. The normalized spacial score (nSPS) is 10.6. The SMILES string of the molecule is CCN(CCO)c1cc(CNCCC(=O)O)ccc1F. The van der Waals surface area contributed by atoms with Gasteiger partial charge in [-0.1, -0.05) is 6.07 Å². The summed E-state index contributed by atoms with van der Waals surface area (Å²) < 4.78 is 13.8. The van der Waals surface area contributed by atoms with E-state index in [0.717, 1.165) is 5.56 Å². The number of benzene rings is 1. The zero-order valence-electron chi connectivity index (χ0n) is 11.6. The van der Waals surface area contributed by atoms with Gasteiger partial charge in [0.05, 0.1) is 18.7 Å². The number of aliphatic hydroxyl groups excluding tert-OH is 1. The van der Waals surface area contributed by atoms with E-state index in [9.17, 15) is 9.18 Å². The molecule has 0 atom stereocenters. The molecule has 0 saturated heterocycles. The van der Waals surface area contributed by atoms with Gasteiger partial charge >= 0.3 is 5.97 Å². The Balaban J connectivity index is 2.67. The van der Waals surface area contributed by atoms with E-state index in [4.69, 9.17) is 10.2 Å². The van der Waals surface area contributed by atoms with Crippen LogP contribution in [0.25, 0.3) is 0 Å². The second-order valence-corrected chi connectivity index (χ2v) is 4.41. The predicted molar refractivity (Wildman–Crippen MR) is 75.3 cm³/mol. The van der Waals surface area contributed by atoms with Crippen molar-refractivity contribution in [3.8, 4) is 0 Å². The van der Waals surface area contributed by atoms with Crippen LogP contribution in [0.5, 0.6) is 0 Å². The first kappa shape index (κ1) is 16.4. The van der Waals surface area contributed by atoms with Gasteiger partial charge in [-0.25, -0.2) is 4.39 Å². The molecule has 0 spiro atoms. The molecule has 0 aromatic heterocycles. The number of hydrogen-bond acceptors (Lipinski definition) is 4. The van der Waals surface area contributed by atoms with Crippen LogP contribution in [-0.2, 0) is 11.3 Å². The molecule has 0 aliphatic rings. The van der Waals surface area contributed by atoms with Gasteiger partial charge in [0, 0.05) is 26.2 Å². The van der Waals surface area contributed by atoms with Gasteiger partial charge in [-0.3, -0.25) is 4.79 Å². The summed E-state index contributed by atoms with van der Waals surface area (Å²) in [7, 11) is 0. The average Bonchev–Trinajstić information content (AvgIpc) is 2.42. The van der Waals surface area contributed by atoms with Gasteiger partial charge in [0.1, 0.15) is 5.82 Å². The van der Waals surface area contributed by atoms with Crippen molar-refractivity contribution in [2.24, 2.45) is 0 Å². The van der Waals surface area contributed by atoms with Gasteiger partial charge in [-0.2, -0.15) is 0 Å². The Kier molecular flexibility index (Phi) is 6.97. The van der Waals surface area contributed by atoms with Crippen LogP contribution >= 0.6 is 0 Å². The zero-order chi connectivity index (χ0) is 15.0. The lowest BCUT2D eigenvalue weighted by Gasteiger charge is -2.23. The molecule has 20 heavy (non-hydrogen) atoms. The molecule has 0 aliphatic heterocycles. The predicted octanol–water partition coefficient (Wildman–Crippen LogP) is 1.21. The Morgan fingerprint density at radius 3 is 2.80 bits per heavy atom. The summed E-state index contributed by atoms with van der Waals surface area (Å²) in [4.78, 5) is 12.1. The highest BCUT2D eigenvalue weighted by Crippen LogP contribution is 2.20. The van der Waals surface area contributed by atoms with Gasteiger partial charge in [0.25, 0.3) is 0 Å². The minimum Gasteiger partial charge on any atom is -0.481 e. The molecule has 3 N–H and O–H groups in total. The van der Waals surface area contributed by atoms with E-state index in [1.54, 1.807) is 17.0 Å². The molecule has 1 rings (SSSR count). The summed E-state index contributed by atoms with van der Waals surface area (Å²) in [5, 5.41) is 20.5. The minimum absolute atomic E-state index is 0.0334. The van der Waals surface area contributed by atoms with Crippen LogP contribution in [0.3, 0.4) is 0 Å². The first-order chi connectivity index (χ1) is 9.58. The van der Waals surface area contributed by atoms with Crippen molar-refractivity contribution in [1.82, 2.24) is 5.32 Å². The third-order valence-electron chi connectivity index (χ3n) is 2.95. The lowest BCUT2D eigenvalue weighted by atomic mass is 10.1. The van der Waals surface area contributed by atoms with Gasteiger partial charge in [0.2, 0.25) is 0 Å². The van der Waals surface area contributed by atoms with Crippen molar-refractivity contribution in [3.05, 3.63) is 29.6 Å². The van der Waals surface area contributed by atoms with E-state index >= 15 is 0 Å². The Hall–Kier alpha value is -1.66. The molecule has 0 amide bonds. The Labute approximate surface area is 118 Å². The molecule has 112 valence electrons. The molecular formula is C14H21FN2O3. The van der Waals surface area contributed by atoms with Crippen LogP contribution in [-0.4, -0.2) is 42.4 Å². The zero-order valence-corrected chi connectivity index (χ0v) is 11.6. The second kappa shape index (κ2) is 8.50. The molecule has 0 bridgehead atoms. The van der Waals surface area contributed by atoms with Crippen LogP contribution in [0.15, 0.2) is 18.2 Å². The number of carboxylic acids is 1.